The molecule has 6 heteroatoms. The number of amides is 1. The fourth-order valence-corrected chi connectivity index (χ4v) is 3.28. The Balaban J connectivity index is 1.74. The van der Waals surface area contributed by atoms with Gasteiger partial charge >= 0.3 is 0 Å². The lowest BCUT2D eigenvalue weighted by atomic mass is 9.71. The van der Waals surface area contributed by atoms with Gasteiger partial charge in [-0.3, -0.25) is 14.8 Å². The molecule has 104 valence electrons. The first kappa shape index (κ1) is 12.6. The van der Waals surface area contributed by atoms with Gasteiger partial charge in [0.15, 0.2) is 0 Å². The van der Waals surface area contributed by atoms with Crippen LogP contribution in [0.5, 0.6) is 0 Å². The molecule has 2 aliphatic heterocycles. The minimum Gasteiger partial charge on any atom is -0.392 e. The number of H-pyrrole nitrogens is 1. The number of hydrogen-bond acceptors (Lipinski definition) is 4. The number of aromatic amines is 1. The second-order valence-electron chi connectivity index (χ2n) is 5.61. The van der Waals surface area contributed by atoms with E-state index in [4.69, 9.17) is 0 Å². The smallest absolute Gasteiger partial charge is 0.230 e. The van der Waals surface area contributed by atoms with Crippen molar-refractivity contribution in [2.75, 3.05) is 19.6 Å². The van der Waals surface area contributed by atoms with E-state index >= 15 is 0 Å². The highest BCUT2D eigenvalue weighted by atomic mass is 16.3. The molecule has 2 fully saturated rings. The molecular formula is C13H20N4O2. The zero-order chi connectivity index (χ0) is 13.3. The van der Waals surface area contributed by atoms with E-state index in [-0.39, 0.29) is 5.91 Å². The Morgan fingerprint density at radius 3 is 3.21 bits per heavy atom. The van der Waals surface area contributed by atoms with Gasteiger partial charge in [-0.2, -0.15) is 5.10 Å². The van der Waals surface area contributed by atoms with Crippen LogP contribution < -0.4 is 5.32 Å². The first-order valence-electron chi connectivity index (χ1n) is 6.88. The Morgan fingerprint density at radius 2 is 2.47 bits per heavy atom. The first-order chi connectivity index (χ1) is 9.21. The van der Waals surface area contributed by atoms with Crippen LogP contribution in [0.1, 0.15) is 25.0 Å². The SMILES string of the molecule is O=C1NCCC[C@]12CN(Cc1ccn[nH]1)CC[C@@H]2O. The maximum absolute atomic E-state index is 12.2. The Hall–Kier alpha value is -1.40. The van der Waals surface area contributed by atoms with Crippen LogP contribution in [-0.2, 0) is 11.3 Å². The van der Waals surface area contributed by atoms with Gasteiger partial charge in [0.25, 0.3) is 0 Å². The van der Waals surface area contributed by atoms with Crippen molar-refractivity contribution in [3.8, 4) is 0 Å². The van der Waals surface area contributed by atoms with Crippen molar-refractivity contribution in [3.63, 3.8) is 0 Å². The average Bonchev–Trinajstić information content (AvgIpc) is 2.90. The largest absolute Gasteiger partial charge is 0.392 e. The third-order valence-corrected chi connectivity index (χ3v) is 4.35. The van der Waals surface area contributed by atoms with Gasteiger partial charge in [-0.05, 0) is 25.3 Å². The van der Waals surface area contributed by atoms with Crippen molar-refractivity contribution in [3.05, 3.63) is 18.0 Å². The summed E-state index contributed by atoms with van der Waals surface area (Å²) in [6.07, 6.45) is 3.59. The molecule has 1 aromatic heterocycles. The molecule has 1 aromatic rings. The van der Waals surface area contributed by atoms with Crippen LogP contribution in [0, 0.1) is 5.41 Å². The molecule has 0 aromatic carbocycles. The number of carbonyl (C=O) groups is 1. The Morgan fingerprint density at radius 1 is 1.58 bits per heavy atom. The van der Waals surface area contributed by atoms with Gasteiger partial charge in [0.2, 0.25) is 5.91 Å². The topological polar surface area (TPSA) is 81.2 Å². The first-order valence-corrected chi connectivity index (χ1v) is 6.88. The minimum absolute atomic E-state index is 0.0144. The molecule has 0 aliphatic carbocycles. The van der Waals surface area contributed by atoms with Crippen LogP contribution in [0.4, 0.5) is 0 Å². The molecule has 2 atom stereocenters. The van der Waals surface area contributed by atoms with Crippen LogP contribution in [0.15, 0.2) is 12.3 Å². The summed E-state index contributed by atoms with van der Waals surface area (Å²) >= 11 is 0. The molecule has 1 amide bonds. The Bertz CT molecular complexity index is 448. The lowest BCUT2D eigenvalue weighted by Crippen LogP contribution is -2.61. The number of hydrogen-bond donors (Lipinski definition) is 3. The lowest BCUT2D eigenvalue weighted by molar-refractivity contribution is -0.149. The van der Waals surface area contributed by atoms with Crippen molar-refractivity contribution in [1.29, 1.82) is 0 Å². The molecule has 3 heterocycles. The molecule has 1 spiro atoms. The highest BCUT2D eigenvalue weighted by molar-refractivity contribution is 5.84. The van der Waals surface area contributed by atoms with Crippen molar-refractivity contribution in [1.82, 2.24) is 20.4 Å². The fraction of sp³-hybridized carbons (Fsp3) is 0.692. The predicted molar refractivity (Wildman–Crippen MR) is 69.2 cm³/mol. The zero-order valence-corrected chi connectivity index (χ0v) is 10.9. The van der Waals surface area contributed by atoms with E-state index in [0.717, 1.165) is 38.2 Å². The van der Waals surface area contributed by atoms with Crippen molar-refractivity contribution in [2.45, 2.75) is 31.9 Å². The Kier molecular flexibility index (Phi) is 3.28. The lowest BCUT2D eigenvalue weighted by Gasteiger charge is -2.46. The molecule has 6 nitrogen and oxygen atoms in total. The number of carbonyl (C=O) groups excluding carboxylic acids is 1. The molecule has 3 N–H and O–H groups in total. The van der Waals surface area contributed by atoms with Crippen molar-refractivity contribution in [2.24, 2.45) is 5.41 Å². The number of aliphatic hydroxyl groups excluding tert-OH is 1. The molecular weight excluding hydrogens is 244 g/mol. The quantitative estimate of drug-likeness (QED) is 0.695. The summed E-state index contributed by atoms with van der Waals surface area (Å²) in [5, 5.41) is 20.1. The monoisotopic (exact) mass is 264 g/mol. The molecule has 0 saturated carbocycles. The average molecular weight is 264 g/mol. The summed E-state index contributed by atoms with van der Waals surface area (Å²) in [6, 6.07) is 1.94. The third-order valence-electron chi connectivity index (χ3n) is 4.35. The molecule has 0 radical (unpaired) electrons. The van der Waals surface area contributed by atoms with Gasteiger partial charge in [0.05, 0.1) is 11.5 Å². The van der Waals surface area contributed by atoms with E-state index in [9.17, 15) is 9.90 Å². The van der Waals surface area contributed by atoms with E-state index < -0.39 is 11.5 Å². The summed E-state index contributed by atoms with van der Waals surface area (Å²) in [7, 11) is 0. The molecule has 0 bridgehead atoms. The summed E-state index contributed by atoms with van der Waals surface area (Å²) < 4.78 is 0. The van der Waals surface area contributed by atoms with Crippen LogP contribution in [0.3, 0.4) is 0 Å². The molecule has 19 heavy (non-hydrogen) atoms. The van der Waals surface area contributed by atoms with Crippen molar-refractivity contribution < 1.29 is 9.90 Å². The Labute approximate surface area is 112 Å². The van der Waals surface area contributed by atoms with E-state index in [1.54, 1.807) is 6.20 Å². The predicted octanol–water partition coefficient (Wildman–Crippen LogP) is -0.127. The van der Waals surface area contributed by atoms with Gasteiger partial charge in [0, 0.05) is 38.1 Å². The van der Waals surface area contributed by atoms with Crippen LogP contribution in [0.25, 0.3) is 0 Å². The number of nitrogens with zero attached hydrogens (tertiary/aromatic N) is 2. The number of aliphatic hydroxyl groups is 1. The van der Waals surface area contributed by atoms with E-state index in [1.165, 1.54) is 0 Å². The fourth-order valence-electron chi connectivity index (χ4n) is 3.28. The molecule has 0 unspecified atom stereocenters. The maximum Gasteiger partial charge on any atom is 0.230 e. The molecule has 2 aliphatic rings. The van der Waals surface area contributed by atoms with Gasteiger partial charge in [-0.15, -0.1) is 0 Å². The van der Waals surface area contributed by atoms with E-state index in [0.29, 0.717) is 13.0 Å². The molecule has 3 rings (SSSR count). The third kappa shape index (κ3) is 2.26. The van der Waals surface area contributed by atoms with Gasteiger partial charge in [0.1, 0.15) is 0 Å². The van der Waals surface area contributed by atoms with Gasteiger partial charge in [-0.1, -0.05) is 0 Å². The van der Waals surface area contributed by atoms with Gasteiger partial charge < -0.3 is 10.4 Å². The number of rotatable bonds is 2. The number of likely N-dealkylation sites (tertiary alicyclic amines) is 1. The molecule has 2 saturated heterocycles. The minimum atomic E-state index is -0.615. The zero-order valence-electron chi connectivity index (χ0n) is 10.9. The van der Waals surface area contributed by atoms with Crippen LogP contribution >= 0.6 is 0 Å². The maximum atomic E-state index is 12.2. The summed E-state index contributed by atoms with van der Waals surface area (Å²) in [5.74, 6) is 0.0144. The number of nitrogens with one attached hydrogen (secondary N) is 2. The van der Waals surface area contributed by atoms with Gasteiger partial charge in [-0.25, -0.2) is 0 Å². The highest BCUT2D eigenvalue weighted by Crippen LogP contribution is 2.37. The highest BCUT2D eigenvalue weighted by Gasteiger charge is 2.49. The van der Waals surface area contributed by atoms with Crippen LogP contribution in [-0.4, -0.2) is 51.8 Å². The van der Waals surface area contributed by atoms with E-state index in [1.807, 2.05) is 6.07 Å². The summed E-state index contributed by atoms with van der Waals surface area (Å²) in [6.45, 7) is 2.92. The summed E-state index contributed by atoms with van der Waals surface area (Å²) in [4.78, 5) is 14.4. The summed E-state index contributed by atoms with van der Waals surface area (Å²) in [5.41, 5.74) is 0.430. The second-order valence-corrected chi connectivity index (χ2v) is 5.61. The van der Waals surface area contributed by atoms with Crippen molar-refractivity contribution >= 4 is 5.91 Å². The standard InChI is InChI=1S/C13H20N4O2/c18-11-3-7-17(8-10-2-6-15-16-10)9-13(11)4-1-5-14-12(13)19/h2,6,11,18H,1,3-5,7-9H2,(H,14,19)(H,15,16)/t11-,13+/m0/s1. The number of aromatic nitrogens is 2. The number of piperidine rings is 2. The normalized spacial score (nSPS) is 32.5. The van der Waals surface area contributed by atoms with Crippen LogP contribution in [0.2, 0.25) is 0 Å². The second kappa shape index (κ2) is 4.94. The van der Waals surface area contributed by atoms with E-state index in [2.05, 4.69) is 20.4 Å².